The Kier molecular flexibility index (Phi) is 10.0. The maximum absolute atomic E-state index is 13.3. The van der Waals surface area contributed by atoms with Crippen molar-refractivity contribution in [3.05, 3.63) is 66.0 Å². The molecule has 34 heavy (non-hydrogen) atoms. The zero-order valence-electron chi connectivity index (χ0n) is 20.2. The van der Waals surface area contributed by atoms with Gasteiger partial charge in [0, 0.05) is 25.6 Å². The molecule has 186 valence electrons. The van der Waals surface area contributed by atoms with E-state index in [9.17, 15) is 22.4 Å². The smallest absolute Gasteiger partial charge is 0.242 e. The lowest BCUT2D eigenvalue weighted by Crippen LogP contribution is -2.49. The molecule has 0 aliphatic heterocycles. The van der Waals surface area contributed by atoms with Crippen LogP contribution in [0.25, 0.3) is 0 Å². The van der Waals surface area contributed by atoms with Crippen molar-refractivity contribution in [2.75, 3.05) is 17.1 Å². The summed E-state index contributed by atoms with van der Waals surface area (Å²) in [5.41, 5.74) is 1.22. The van der Waals surface area contributed by atoms with Crippen LogP contribution in [-0.4, -0.2) is 50.0 Å². The van der Waals surface area contributed by atoms with Gasteiger partial charge in [0.2, 0.25) is 21.8 Å². The number of amides is 2. The van der Waals surface area contributed by atoms with Gasteiger partial charge in [0.1, 0.15) is 11.9 Å². The van der Waals surface area contributed by atoms with Gasteiger partial charge in [-0.1, -0.05) is 37.3 Å². The Bertz CT molecular complexity index is 1050. The summed E-state index contributed by atoms with van der Waals surface area (Å²) in [7, 11) is -3.53. The standard InChI is InChI=1S/C25H34FN3O4S/c1-5-19(2)27-25(31)20(3)28(18-21-13-15-22(26)16-14-21)24(30)12-9-17-29(34(4,32)33)23-10-7-6-8-11-23/h6-8,10-11,13-16,19-20H,5,9,12,17-18H2,1-4H3,(H,27,31)/t19-,20-/m0/s1. The van der Waals surface area contributed by atoms with Crippen molar-refractivity contribution in [3.8, 4) is 0 Å². The third-order valence-corrected chi connectivity index (χ3v) is 6.82. The van der Waals surface area contributed by atoms with Crippen LogP contribution in [0.5, 0.6) is 0 Å². The highest BCUT2D eigenvalue weighted by Crippen LogP contribution is 2.19. The van der Waals surface area contributed by atoms with E-state index in [1.54, 1.807) is 49.4 Å². The Hall–Kier alpha value is -2.94. The summed E-state index contributed by atoms with van der Waals surface area (Å²) in [6, 6.07) is 13.7. The van der Waals surface area contributed by atoms with Crippen molar-refractivity contribution < 1.29 is 22.4 Å². The minimum atomic E-state index is -3.53. The lowest BCUT2D eigenvalue weighted by atomic mass is 10.1. The van der Waals surface area contributed by atoms with Crippen molar-refractivity contribution in [1.82, 2.24) is 10.2 Å². The van der Waals surface area contributed by atoms with E-state index in [1.807, 2.05) is 13.8 Å². The average Bonchev–Trinajstić information content (AvgIpc) is 2.80. The normalized spacial score (nSPS) is 13.1. The lowest BCUT2D eigenvalue weighted by molar-refractivity contribution is -0.140. The first-order valence-corrected chi connectivity index (χ1v) is 13.2. The van der Waals surface area contributed by atoms with E-state index in [-0.39, 0.29) is 49.6 Å². The summed E-state index contributed by atoms with van der Waals surface area (Å²) in [5.74, 6) is -0.935. The molecule has 2 amide bonds. The highest BCUT2D eigenvalue weighted by atomic mass is 32.2. The number of carbonyl (C=O) groups excluding carboxylic acids is 2. The Morgan fingerprint density at radius 2 is 1.65 bits per heavy atom. The predicted molar refractivity (Wildman–Crippen MR) is 132 cm³/mol. The van der Waals surface area contributed by atoms with Crippen LogP contribution < -0.4 is 9.62 Å². The van der Waals surface area contributed by atoms with Crippen LogP contribution in [0.3, 0.4) is 0 Å². The van der Waals surface area contributed by atoms with E-state index in [4.69, 9.17) is 0 Å². The van der Waals surface area contributed by atoms with E-state index in [0.717, 1.165) is 12.7 Å². The van der Waals surface area contributed by atoms with E-state index >= 15 is 0 Å². The van der Waals surface area contributed by atoms with Crippen molar-refractivity contribution >= 4 is 27.5 Å². The zero-order chi connectivity index (χ0) is 25.3. The largest absolute Gasteiger partial charge is 0.352 e. The quantitative estimate of drug-likeness (QED) is 0.491. The highest BCUT2D eigenvalue weighted by molar-refractivity contribution is 7.92. The number of carbonyl (C=O) groups is 2. The Morgan fingerprint density at radius 3 is 2.21 bits per heavy atom. The fourth-order valence-corrected chi connectivity index (χ4v) is 4.40. The van der Waals surface area contributed by atoms with Crippen molar-refractivity contribution in [2.45, 2.75) is 58.7 Å². The molecule has 2 rings (SSSR count). The molecule has 0 aliphatic carbocycles. The second kappa shape index (κ2) is 12.5. The van der Waals surface area contributed by atoms with Crippen LogP contribution in [0, 0.1) is 5.82 Å². The van der Waals surface area contributed by atoms with Gasteiger partial charge in [-0.2, -0.15) is 0 Å². The second-order valence-corrected chi connectivity index (χ2v) is 10.3. The first-order valence-electron chi connectivity index (χ1n) is 11.4. The minimum Gasteiger partial charge on any atom is -0.352 e. The van der Waals surface area contributed by atoms with Crippen LogP contribution in [0.4, 0.5) is 10.1 Å². The van der Waals surface area contributed by atoms with Gasteiger partial charge in [-0.05, 0) is 56.5 Å². The van der Waals surface area contributed by atoms with Gasteiger partial charge in [0.05, 0.1) is 11.9 Å². The molecule has 0 aromatic heterocycles. The molecule has 0 fully saturated rings. The SMILES string of the molecule is CC[C@H](C)NC(=O)[C@H](C)N(Cc1ccc(F)cc1)C(=O)CCCN(c1ccccc1)S(C)(=O)=O. The number of benzene rings is 2. The van der Waals surface area contributed by atoms with Gasteiger partial charge in [-0.15, -0.1) is 0 Å². The van der Waals surface area contributed by atoms with Gasteiger partial charge in [-0.3, -0.25) is 13.9 Å². The van der Waals surface area contributed by atoms with Crippen LogP contribution in [0.1, 0.15) is 45.6 Å². The minimum absolute atomic E-state index is 0.0353. The maximum Gasteiger partial charge on any atom is 0.242 e. The van der Waals surface area contributed by atoms with Crippen molar-refractivity contribution in [1.29, 1.82) is 0 Å². The number of halogens is 1. The Balaban J connectivity index is 2.14. The third kappa shape index (κ3) is 8.13. The number of anilines is 1. The average molecular weight is 492 g/mol. The van der Waals surface area contributed by atoms with Crippen LogP contribution in [0.15, 0.2) is 54.6 Å². The van der Waals surface area contributed by atoms with E-state index in [2.05, 4.69) is 5.32 Å². The molecule has 0 saturated carbocycles. The fourth-order valence-electron chi connectivity index (χ4n) is 3.43. The van der Waals surface area contributed by atoms with Crippen LogP contribution >= 0.6 is 0 Å². The molecule has 0 unspecified atom stereocenters. The fraction of sp³-hybridized carbons (Fsp3) is 0.440. The number of nitrogens with one attached hydrogen (secondary N) is 1. The van der Waals surface area contributed by atoms with Crippen LogP contribution in [-0.2, 0) is 26.2 Å². The number of para-hydroxylation sites is 1. The molecule has 0 saturated heterocycles. The van der Waals surface area contributed by atoms with E-state index in [0.29, 0.717) is 11.3 Å². The molecule has 0 bridgehead atoms. The number of rotatable bonds is 12. The topological polar surface area (TPSA) is 86.8 Å². The number of sulfonamides is 1. The first-order chi connectivity index (χ1) is 16.0. The zero-order valence-corrected chi connectivity index (χ0v) is 21.0. The molecule has 2 atom stereocenters. The Labute approximate surface area is 202 Å². The molecule has 9 heteroatoms. The number of hydrogen-bond donors (Lipinski definition) is 1. The van der Waals surface area contributed by atoms with Crippen LogP contribution in [0.2, 0.25) is 0 Å². The summed E-state index contributed by atoms with van der Waals surface area (Å²) in [6.07, 6.45) is 2.22. The summed E-state index contributed by atoms with van der Waals surface area (Å²) in [5, 5.41) is 2.89. The highest BCUT2D eigenvalue weighted by Gasteiger charge is 2.27. The third-order valence-electron chi connectivity index (χ3n) is 5.63. The molecule has 0 aliphatic rings. The molecule has 0 spiro atoms. The number of hydrogen-bond acceptors (Lipinski definition) is 4. The predicted octanol–water partition coefficient (Wildman–Crippen LogP) is 3.70. The molecule has 1 N–H and O–H groups in total. The summed E-state index contributed by atoms with van der Waals surface area (Å²) < 4.78 is 39.2. The second-order valence-electron chi connectivity index (χ2n) is 8.42. The summed E-state index contributed by atoms with van der Waals surface area (Å²) >= 11 is 0. The Morgan fingerprint density at radius 1 is 1.03 bits per heavy atom. The molecular weight excluding hydrogens is 457 g/mol. The molecular formula is C25H34FN3O4S. The molecule has 0 radical (unpaired) electrons. The molecule has 2 aromatic rings. The van der Waals surface area contributed by atoms with Crippen molar-refractivity contribution in [2.24, 2.45) is 0 Å². The maximum atomic E-state index is 13.3. The summed E-state index contributed by atoms with van der Waals surface area (Å²) in [4.78, 5) is 27.4. The van der Waals surface area contributed by atoms with E-state index < -0.39 is 16.1 Å². The van der Waals surface area contributed by atoms with Gasteiger partial charge in [0.25, 0.3) is 0 Å². The van der Waals surface area contributed by atoms with Gasteiger partial charge in [0.15, 0.2) is 0 Å². The lowest BCUT2D eigenvalue weighted by Gasteiger charge is -2.30. The molecule has 7 nitrogen and oxygen atoms in total. The van der Waals surface area contributed by atoms with Gasteiger partial charge >= 0.3 is 0 Å². The molecule has 2 aromatic carbocycles. The molecule has 0 heterocycles. The van der Waals surface area contributed by atoms with Crippen molar-refractivity contribution in [3.63, 3.8) is 0 Å². The monoisotopic (exact) mass is 491 g/mol. The summed E-state index contributed by atoms with van der Waals surface area (Å²) in [6.45, 7) is 5.78. The van der Waals surface area contributed by atoms with Gasteiger partial charge in [-0.25, -0.2) is 12.8 Å². The first kappa shape index (κ1) is 27.3. The number of nitrogens with zero attached hydrogens (tertiary/aromatic N) is 2. The van der Waals surface area contributed by atoms with E-state index in [1.165, 1.54) is 21.3 Å². The van der Waals surface area contributed by atoms with Gasteiger partial charge < -0.3 is 10.2 Å².